The maximum Gasteiger partial charge on any atom is 0.244 e. The van der Waals surface area contributed by atoms with Crippen LogP contribution < -0.4 is 9.62 Å². The van der Waals surface area contributed by atoms with Crippen molar-refractivity contribution in [3.05, 3.63) is 62.5 Å². The van der Waals surface area contributed by atoms with Gasteiger partial charge in [0.15, 0.2) is 0 Å². The number of amides is 2. The van der Waals surface area contributed by atoms with Crippen molar-refractivity contribution in [3.63, 3.8) is 0 Å². The van der Waals surface area contributed by atoms with E-state index in [9.17, 15) is 18.0 Å². The van der Waals surface area contributed by atoms with Crippen LogP contribution >= 0.6 is 39.1 Å². The first-order valence-electron chi connectivity index (χ1n) is 10.2. The molecule has 0 aliphatic rings. The first kappa shape index (κ1) is 27.4. The molecule has 0 bridgehead atoms. The summed E-state index contributed by atoms with van der Waals surface area (Å²) in [6.07, 6.45) is 1.77. The van der Waals surface area contributed by atoms with Crippen LogP contribution in [0, 0.1) is 0 Å². The summed E-state index contributed by atoms with van der Waals surface area (Å²) in [5.41, 5.74) is 0.995. The second kappa shape index (κ2) is 12.1. The van der Waals surface area contributed by atoms with Gasteiger partial charge in [0, 0.05) is 17.6 Å². The highest BCUT2D eigenvalue weighted by Crippen LogP contribution is 2.25. The Morgan fingerprint density at radius 2 is 1.73 bits per heavy atom. The molecule has 0 aliphatic carbocycles. The molecule has 33 heavy (non-hydrogen) atoms. The molecule has 180 valence electrons. The van der Waals surface area contributed by atoms with Gasteiger partial charge >= 0.3 is 0 Å². The first-order valence-corrected chi connectivity index (χ1v) is 13.6. The molecule has 0 fully saturated rings. The number of rotatable bonds is 10. The van der Waals surface area contributed by atoms with E-state index < -0.39 is 28.5 Å². The largest absolute Gasteiger partial charge is 0.354 e. The highest BCUT2D eigenvalue weighted by molar-refractivity contribution is 9.10. The summed E-state index contributed by atoms with van der Waals surface area (Å²) in [5, 5.41) is 3.46. The van der Waals surface area contributed by atoms with Crippen LogP contribution in [0.5, 0.6) is 0 Å². The fraction of sp³-hybridized carbons (Fsp3) is 0.364. The van der Waals surface area contributed by atoms with Crippen molar-refractivity contribution in [2.45, 2.75) is 32.9 Å². The summed E-state index contributed by atoms with van der Waals surface area (Å²) in [4.78, 5) is 27.4. The molecule has 0 aromatic heterocycles. The van der Waals surface area contributed by atoms with Gasteiger partial charge in [0.1, 0.15) is 12.6 Å². The van der Waals surface area contributed by atoms with E-state index in [0.29, 0.717) is 27.8 Å². The number of halogens is 3. The molecule has 1 atom stereocenters. The zero-order valence-corrected chi connectivity index (χ0v) is 22.4. The van der Waals surface area contributed by atoms with E-state index in [1.54, 1.807) is 49.4 Å². The number of nitrogens with one attached hydrogen (secondary N) is 1. The van der Waals surface area contributed by atoms with Crippen LogP contribution in [0.2, 0.25) is 10.0 Å². The van der Waals surface area contributed by atoms with Crippen molar-refractivity contribution in [1.82, 2.24) is 10.2 Å². The molecule has 2 amide bonds. The Morgan fingerprint density at radius 1 is 1.09 bits per heavy atom. The Bertz CT molecular complexity index is 1100. The number of hydrogen-bond donors (Lipinski definition) is 1. The lowest BCUT2D eigenvalue weighted by Gasteiger charge is -2.31. The average Bonchev–Trinajstić information content (AvgIpc) is 2.75. The van der Waals surface area contributed by atoms with Gasteiger partial charge in [-0.1, -0.05) is 52.1 Å². The third-order valence-corrected chi connectivity index (χ3v) is 7.26. The van der Waals surface area contributed by atoms with E-state index >= 15 is 0 Å². The molecule has 0 saturated heterocycles. The van der Waals surface area contributed by atoms with E-state index in [1.165, 1.54) is 4.90 Å². The van der Waals surface area contributed by atoms with Crippen molar-refractivity contribution in [3.8, 4) is 0 Å². The number of benzene rings is 2. The summed E-state index contributed by atoms with van der Waals surface area (Å²) in [6, 6.07) is 10.6. The lowest BCUT2D eigenvalue weighted by atomic mass is 10.1. The normalized spacial score (nSPS) is 12.2. The summed E-state index contributed by atoms with van der Waals surface area (Å²) in [7, 11) is -3.77. The lowest BCUT2D eigenvalue weighted by molar-refractivity contribution is -0.139. The van der Waals surface area contributed by atoms with Crippen LogP contribution in [0.1, 0.15) is 25.8 Å². The fourth-order valence-corrected chi connectivity index (χ4v) is 4.47. The number of nitrogens with zero attached hydrogens (tertiary/aromatic N) is 2. The fourth-order valence-electron chi connectivity index (χ4n) is 3.03. The second-order valence-electron chi connectivity index (χ2n) is 7.48. The maximum atomic E-state index is 13.4. The predicted molar refractivity (Wildman–Crippen MR) is 136 cm³/mol. The standard InChI is InChI=1S/C22H26BrCl2N3O4S/c1-4-11-26-22(30)15(2)27(13-16-5-10-19(24)20(25)12-16)21(29)14-28(33(3,31)32)18-8-6-17(23)7-9-18/h5-10,12,15H,4,11,13-14H2,1-3H3,(H,26,30)/t15-/m0/s1. The summed E-state index contributed by atoms with van der Waals surface area (Å²) in [5.74, 6) is -0.867. The van der Waals surface area contributed by atoms with Gasteiger partial charge in [-0.05, 0) is 55.3 Å². The monoisotopic (exact) mass is 577 g/mol. The highest BCUT2D eigenvalue weighted by Gasteiger charge is 2.30. The third-order valence-electron chi connectivity index (χ3n) is 4.85. The van der Waals surface area contributed by atoms with Gasteiger partial charge in [0.25, 0.3) is 0 Å². The minimum atomic E-state index is -3.77. The Morgan fingerprint density at radius 3 is 2.27 bits per heavy atom. The molecular formula is C22H26BrCl2N3O4S. The first-order chi connectivity index (χ1) is 15.4. The average molecular weight is 579 g/mol. The number of anilines is 1. The van der Waals surface area contributed by atoms with Crippen molar-refractivity contribution in [2.24, 2.45) is 0 Å². The van der Waals surface area contributed by atoms with Gasteiger partial charge in [-0.2, -0.15) is 0 Å². The lowest BCUT2D eigenvalue weighted by Crippen LogP contribution is -2.51. The smallest absolute Gasteiger partial charge is 0.244 e. The van der Waals surface area contributed by atoms with Gasteiger partial charge in [0.2, 0.25) is 21.8 Å². The molecule has 7 nitrogen and oxygen atoms in total. The van der Waals surface area contributed by atoms with Crippen molar-refractivity contribution in [1.29, 1.82) is 0 Å². The van der Waals surface area contributed by atoms with Crippen molar-refractivity contribution >= 4 is 66.7 Å². The third kappa shape index (κ3) is 7.88. The molecule has 2 aromatic rings. The Labute approximate surface area is 213 Å². The summed E-state index contributed by atoms with van der Waals surface area (Å²) in [6.45, 7) is 3.57. The van der Waals surface area contributed by atoms with Crippen molar-refractivity contribution in [2.75, 3.05) is 23.7 Å². The van der Waals surface area contributed by atoms with Gasteiger partial charge < -0.3 is 10.2 Å². The Balaban J connectivity index is 2.38. The predicted octanol–water partition coefficient (Wildman–Crippen LogP) is 4.47. The number of carbonyl (C=O) groups excluding carboxylic acids is 2. The molecule has 0 radical (unpaired) electrons. The Hall–Kier alpha value is -1.81. The molecule has 0 unspecified atom stereocenters. The zero-order valence-electron chi connectivity index (χ0n) is 18.5. The van der Waals surface area contributed by atoms with E-state index in [4.69, 9.17) is 23.2 Å². The molecule has 2 aromatic carbocycles. The molecule has 11 heteroatoms. The quantitative estimate of drug-likeness (QED) is 0.451. The minimum absolute atomic E-state index is 0.0500. The van der Waals surface area contributed by atoms with E-state index in [0.717, 1.165) is 21.5 Å². The van der Waals surface area contributed by atoms with E-state index in [1.807, 2.05) is 6.92 Å². The SMILES string of the molecule is CCCNC(=O)[C@H](C)N(Cc1ccc(Cl)c(Cl)c1)C(=O)CN(c1ccc(Br)cc1)S(C)(=O)=O. The molecule has 0 aliphatic heterocycles. The molecule has 2 rings (SSSR count). The van der Waals surface area contributed by atoms with Gasteiger partial charge in [-0.3, -0.25) is 13.9 Å². The highest BCUT2D eigenvalue weighted by atomic mass is 79.9. The summed E-state index contributed by atoms with van der Waals surface area (Å²) >= 11 is 15.4. The van der Waals surface area contributed by atoms with Crippen molar-refractivity contribution < 1.29 is 18.0 Å². The summed E-state index contributed by atoms with van der Waals surface area (Å²) < 4.78 is 26.8. The number of hydrogen-bond acceptors (Lipinski definition) is 4. The van der Waals surface area contributed by atoms with Gasteiger partial charge in [0.05, 0.1) is 22.0 Å². The topological polar surface area (TPSA) is 86.8 Å². The minimum Gasteiger partial charge on any atom is -0.354 e. The van der Waals surface area contributed by atoms with Crippen LogP contribution in [-0.2, 0) is 26.2 Å². The van der Waals surface area contributed by atoms with Crippen LogP contribution in [0.4, 0.5) is 5.69 Å². The van der Waals surface area contributed by atoms with Crippen LogP contribution in [0.3, 0.4) is 0 Å². The zero-order chi connectivity index (χ0) is 24.8. The van der Waals surface area contributed by atoms with Crippen LogP contribution in [-0.4, -0.2) is 50.5 Å². The molecule has 0 saturated carbocycles. The van der Waals surface area contributed by atoms with Crippen LogP contribution in [0.15, 0.2) is 46.9 Å². The molecule has 0 heterocycles. The molecular weight excluding hydrogens is 553 g/mol. The maximum absolute atomic E-state index is 13.4. The van der Waals surface area contributed by atoms with E-state index in [2.05, 4.69) is 21.2 Å². The number of sulfonamides is 1. The molecule has 1 N–H and O–H groups in total. The van der Waals surface area contributed by atoms with Crippen LogP contribution in [0.25, 0.3) is 0 Å². The van der Waals surface area contributed by atoms with E-state index in [-0.39, 0.29) is 12.5 Å². The van der Waals surface area contributed by atoms with Gasteiger partial charge in [-0.25, -0.2) is 8.42 Å². The molecule has 0 spiro atoms. The number of carbonyl (C=O) groups is 2. The van der Waals surface area contributed by atoms with Gasteiger partial charge in [-0.15, -0.1) is 0 Å². The second-order valence-corrected chi connectivity index (χ2v) is 11.1. The Kier molecular flexibility index (Phi) is 10.0.